The fourth-order valence-electron chi connectivity index (χ4n) is 2.28. The Hall–Kier alpha value is -1.79. The molecule has 0 aliphatic rings. The molecule has 0 aromatic heterocycles. The molecule has 6 nitrogen and oxygen atoms in total. The number of carbonyl (C=O) groups excluding carboxylic acids is 2. The van der Waals surface area contributed by atoms with Crippen molar-refractivity contribution < 1.29 is 14.3 Å². The van der Waals surface area contributed by atoms with Gasteiger partial charge in [0.25, 0.3) is 0 Å². The Balaban J connectivity index is 0.00000484. The number of carbonyl (C=O) groups is 2. The minimum atomic E-state index is -0.566. The van der Waals surface area contributed by atoms with Gasteiger partial charge in [-0.1, -0.05) is 13.8 Å². The highest BCUT2D eigenvalue weighted by atomic mass is 35.5. The van der Waals surface area contributed by atoms with E-state index in [9.17, 15) is 9.59 Å². The quantitative estimate of drug-likeness (QED) is 0.709. The Morgan fingerprint density at radius 1 is 1.22 bits per heavy atom. The highest BCUT2D eigenvalue weighted by Gasteiger charge is 2.33. The van der Waals surface area contributed by atoms with Gasteiger partial charge in [-0.25, -0.2) is 0 Å². The molecule has 0 fully saturated rings. The third kappa shape index (κ3) is 5.11. The molecule has 1 rings (SSSR count). The lowest BCUT2D eigenvalue weighted by Crippen LogP contribution is -2.41. The first kappa shape index (κ1) is 21.2. The van der Waals surface area contributed by atoms with Crippen molar-refractivity contribution in [3.05, 3.63) is 18.2 Å². The van der Waals surface area contributed by atoms with Crippen LogP contribution in [0.4, 0.5) is 11.4 Å². The Bertz CT molecular complexity index is 537. The summed E-state index contributed by atoms with van der Waals surface area (Å²) in [5.74, 6) is 0.197. The third-order valence-corrected chi connectivity index (χ3v) is 4.00. The summed E-state index contributed by atoms with van der Waals surface area (Å²) in [6, 6.07) is 5.09. The zero-order valence-corrected chi connectivity index (χ0v) is 14.9. The number of benzene rings is 1. The number of halogens is 1. The number of anilines is 2. The first-order valence-electron chi connectivity index (χ1n) is 7.39. The lowest BCUT2D eigenvalue weighted by Gasteiger charge is -2.28. The van der Waals surface area contributed by atoms with Crippen LogP contribution in [0, 0.1) is 5.41 Å². The molecule has 1 aromatic carbocycles. The lowest BCUT2D eigenvalue weighted by molar-refractivity contribution is -0.125. The maximum Gasteiger partial charge on any atom is 0.231 e. The second-order valence-electron chi connectivity index (χ2n) is 5.24. The Labute approximate surface area is 143 Å². The smallest absolute Gasteiger partial charge is 0.231 e. The molecule has 0 bridgehead atoms. The summed E-state index contributed by atoms with van der Waals surface area (Å²) in [5, 5.41) is 5.55. The summed E-state index contributed by atoms with van der Waals surface area (Å²) in [4.78, 5) is 23.6. The van der Waals surface area contributed by atoms with Crippen molar-refractivity contribution >= 4 is 35.6 Å². The van der Waals surface area contributed by atoms with Crippen molar-refractivity contribution in [2.75, 3.05) is 24.3 Å². The predicted octanol–water partition coefficient (Wildman–Crippen LogP) is 2.78. The van der Waals surface area contributed by atoms with Gasteiger partial charge in [-0.05, 0) is 25.0 Å². The topological polar surface area (TPSA) is 93.5 Å². The molecule has 2 amide bonds. The van der Waals surface area contributed by atoms with E-state index in [1.54, 1.807) is 18.2 Å². The van der Waals surface area contributed by atoms with Crippen LogP contribution < -0.4 is 21.1 Å². The number of ether oxygens (including phenoxy) is 1. The standard InChI is InChI=1S/C16H25N3O3.ClH/c1-5-16(6-2,10-17)15(21)19-12-7-8-13(18-11(3)20)14(9-12)22-4;/h7-9H,5-6,10,17H2,1-4H3,(H,18,20)(H,19,21);1H. The predicted molar refractivity (Wildman–Crippen MR) is 95.2 cm³/mol. The molecule has 1 aromatic rings. The second-order valence-corrected chi connectivity index (χ2v) is 5.24. The largest absolute Gasteiger partial charge is 0.494 e. The van der Waals surface area contributed by atoms with E-state index in [2.05, 4.69) is 10.6 Å². The molecule has 23 heavy (non-hydrogen) atoms. The second kappa shape index (κ2) is 9.37. The fraction of sp³-hybridized carbons (Fsp3) is 0.500. The number of nitrogens with one attached hydrogen (secondary N) is 2. The minimum Gasteiger partial charge on any atom is -0.494 e. The van der Waals surface area contributed by atoms with Crippen LogP contribution in [0.5, 0.6) is 5.75 Å². The number of nitrogens with two attached hydrogens (primary N) is 1. The maximum absolute atomic E-state index is 12.5. The van der Waals surface area contributed by atoms with Gasteiger partial charge in [0.2, 0.25) is 11.8 Å². The van der Waals surface area contributed by atoms with E-state index < -0.39 is 5.41 Å². The molecule has 0 radical (unpaired) electrons. The van der Waals surface area contributed by atoms with Gasteiger partial charge in [0.05, 0.1) is 18.2 Å². The van der Waals surface area contributed by atoms with Crippen LogP contribution in [-0.2, 0) is 9.59 Å². The number of methoxy groups -OCH3 is 1. The van der Waals surface area contributed by atoms with Crippen molar-refractivity contribution in [1.29, 1.82) is 0 Å². The van der Waals surface area contributed by atoms with E-state index in [-0.39, 0.29) is 24.2 Å². The van der Waals surface area contributed by atoms with Crippen molar-refractivity contribution in [3.63, 3.8) is 0 Å². The van der Waals surface area contributed by atoms with Crippen LogP contribution in [0.15, 0.2) is 18.2 Å². The summed E-state index contributed by atoms with van der Waals surface area (Å²) in [5.41, 5.74) is 6.39. The first-order valence-corrected chi connectivity index (χ1v) is 7.39. The van der Waals surface area contributed by atoms with E-state index in [1.807, 2.05) is 13.8 Å². The van der Waals surface area contributed by atoms with E-state index in [1.165, 1.54) is 14.0 Å². The van der Waals surface area contributed by atoms with Crippen molar-refractivity contribution in [3.8, 4) is 5.75 Å². The van der Waals surface area contributed by atoms with E-state index in [0.29, 0.717) is 36.5 Å². The summed E-state index contributed by atoms with van der Waals surface area (Å²) < 4.78 is 5.24. The van der Waals surface area contributed by atoms with Crippen LogP contribution in [-0.4, -0.2) is 25.5 Å². The van der Waals surface area contributed by atoms with Gasteiger partial charge in [-0.2, -0.15) is 0 Å². The number of rotatable bonds is 7. The van der Waals surface area contributed by atoms with Crippen molar-refractivity contribution in [2.24, 2.45) is 11.1 Å². The van der Waals surface area contributed by atoms with E-state index in [0.717, 1.165) is 0 Å². The molecule has 0 heterocycles. The molecule has 0 aliphatic carbocycles. The summed E-state index contributed by atoms with van der Waals surface area (Å²) in [6.45, 7) is 5.63. The van der Waals surface area contributed by atoms with E-state index >= 15 is 0 Å². The molecule has 0 spiro atoms. The lowest BCUT2D eigenvalue weighted by atomic mass is 9.81. The minimum absolute atomic E-state index is 0. The maximum atomic E-state index is 12.5. The Morgan fingerprint density at radius 2 is 1.83 bits per heavy atom. The van der Waals surface area contributed by atoms with Gasteiger partial charge < -0.3 is 21.1 Å². The molecule has 4 N–H and O–H groups in total. The van der Waals surface area contributed by atoms with Crippen molar-refractivity contribution in [1.82, 2.24) is 0 Å². The molecule has 0 atom stereocenters. The van der Waals surface area contributed by atoms with Crippen LogP contribution in [0.25, 0.3) is 0 Å². The molecule has 0 aliphatic heterocycles. The van der Waals surface area contributed by atoms with Gasteiger partial charge >= 0.3 is 0 Å². The molecule has 130 valence electrons. The summed E-state index contributed by atoms with van der Waals surface area (Å²) in [6.07, 6.45) is 1.35. The molecule has 0 unspecified atom stereocenters. The number of amides is 2. The average Bonchev–Trinajstić information content (AvgIpc) is 2.50. The monoisotopic (exact) mass is 343 g/mol. The van der Waals surface area contributed by atoms with Crippen molar-refractivity contribution in [2.45, 2.75) is 33.6 Å². The highest BCUT2D eigenvalue weighted by molar-refractivity contribution is 5.96. The van der Waals surface area contributed by atoms with Gasteiger partial charge in [-0.3, -0.25) is 9.59 Å². The Kier molecular flexibility index (Phi) is 8.64. The van der Waals surface area contributed by atoms with Crippen LogP contribution in [0.3, 0.4) is 0 Å². The zero-order valence-electron chi connectivity index (χ0n) is 14.1. The van der Waals surface area contributed by atoms with Crippen LogP contribution in [0.2, 0.25) is 0 Å². The van der Waals surface area contributed by atoms with Crippen LogP contribution in [0.1, 0.15) is 33.6 Å². The van der Waals surface area contributed by atoms with Gasteiger partial charge in [0.1, 0.15) is 5.75 Å². The van der Waals surface area contributed by atoms with Crippen LogP contribution >= 0.6 is 12.4 Å². The highest BCUT2D eigenvalue weighted by Crippen LogP contribution is 2.31. The first-order chi connectivity index (χ1) is 10.4. The average molecular weight is 344 g/mol. The van der Waals surface area contributed by atoms with Gasteiger partial charge in [0, 0.05) is 25.2 Å². The fourth-order valence-corrected chi connectivity index (χ4v) is 2.28. The number of hydrogen-bond acceptors (Lipinski definition) is 4. The van der Waals surface area contributed by atoms with E-state index in [4.69, 9.17) is 10.5 Å². The summed E-state index contributed by atoms with van der Waals surface area (Å²) >= 11 is 0. The SMILES string of the molecule is CCC(CC)(CN)C(=O)Nc1ccc(NC(C)=O)c(OC)c1.Cl. The van der Waals surface area contributed by atoms with Gasteiger partial charge in [-0.15, -0.1) is 12.4 Å². The molecule has 7 heteroatoms. The molecular formula is C16H26ClN3O3. The zero-order chi connectivity index (χ0) is 16.8. The molecule has 0 saturated heterocycles. The number of hydrogen-bond donors (Lipinski definition) is 3. The normalized spacial score (nSPS) is 10.5. The van der Waals surface area contributed by atoms with Gasteiger partial charge in [0.15, 0.2) is 0 Å². The third-order valence-electron chi connectivity index (χ3n) is 4.00. The molecular weight excluding hydrogens is 318 g/mol. The molecule has 0 saturated carbocycles. The Morgan fingerprint density at radius 3 is 2.26 bits per heavy atom. The summed E-state index contributed by atoms with van der Waals surface area (Å²) in [7, 11) is 1.51.